The number of carbonyl (C=O) groups is 1. The van der Waals surface area contributed by atoms with Crippen molar-refractivity contribution in [2.75, 3.05) is 12.4 Å². The first-order valence-corrected chi connectivity index (χ1v) is 7.93. The summed E-state index contributed by atoms with van der Waals surface area (Å²) in [5.41, 5.74) is 3.96. The van der Waals surface area contributed by atoms with Crippen molar-refractivity contribution in [1.82, 2.24) is 0 Å². The SMILES string of the molecule is COc1ccc2oc(C(=O)Nc3c(C)cc(C)cc3Cl)c(C)c2c1. The summed E-state index contributed by atoms with van der Waals surface area (Å²) in [4.78, 5) is 12.7. The maximum absolute atomic E-state index is 12.7. The molecule has 0 aliphatic rings. The number of fused-ring (bicyclic) bond motifs is 1. The maximum atomic E-state index is 12.7. The quantitative estimate of drug-likeness (QED) is 0.704. The number of aryl methyl sites for hydroxylation is 3. The van der Waals surface area contributed by atoms with E-state index in [1.165, 1.54) is 0 Å². The van der Waals surface area contributed by atoms with Crippen LogP contribution in [0.2, 0.25) is 5.02 Å². The zero-order valence-corrected chi connectivity index (χ0v) is 14.7. The molecule has 24 heavy (non-hydrogen) atoms. The first-order valence-electron chi connectivity index (χ1n) is 7.56. The molecular formula is C19H18ClNO3. The van der Waals surface area contributed by atoms with Crippen LogP contribution in [0.4, 0.5) is 5.69 Å². The van der Waals surface area contributed by atoms with E-state index >= 15 is 0 Å². The predicted octanol–water partition coefficient (Wildman–Crippen LogP) is 5.27. The number of benzene rings is 2. The van der Waals surface area contributed by atoms with Crippen LogP contribution in [0.3, 0.4) is 0 Å². The Kier molecular flexibility index (Phi) is 4.24. The molecule has 3 aromatic rings. The van der Waals surface area contributed by atoms with Gasteiger partial charge in [-0.3, -0.25) is 4.79 Å². The van der Waals surface area contributed by atoms with Crippen LogP contribution in [0, 0.1) is 20.8 Å². The zero-order chi connectivity index (χ0) is 17.4. The van der Waals surface area contributed by atoms with E-state index in [9.17, 15) is 4.79 Å². The fourth-order valence-electron chi connectivity index (χ4n) is 2.79. The van der Waals surface area contributed by atoms with Crippen LogP contribution in [0.25, 0.3) is 11.0 Å². The molecule has 0 fully saturated rings. The number of carbonyl (C=O) groups excluding carboxylic acids is 1. The lowest BCUT2D eigenvalue weighted by Gasteiger charge is -2.10. The second kappa shape index (κ2) is 6.21. The fraction of sp³-hybridized carbons (Fsp3) is 0.211. The van der Waals surface area contributed by atoms with Gasteiger partial charge >= 0.3 is 0 Å². The van der Waals surface area contributed by atoms with E-state index in [-0.39, 0.29) is 11.7 Å². The Labute approximate surface area is 145 Å². The third-order valence-corrected chi connectivity index (χ3v) is 4.32. The van der Waals surface area contributed by atoms with E-state index < -0.39 is 0 Å². The number of rotatable bonds is 3. The summed E-state index contributed by atoms with van der Waals surface area (Å²) in [7, 11) is 1.60. The average Bonchev–Trinajstić information content (AvgIpc) is 2.87. The largest absolute Gasteiger partial charge is 0.497 e. The molecular weight excluding hydrogens is 326 g/mol. The molecule has 1 N–H and O–H groups in total. The summed E-state index contributed by atoms with van der Waals surface area (Å²) in [5.74, 6) is 0.668. The first kappa shape index (κ1) is 16.4. The highest BCUT2D eigenvalue weighted by Crippen LogP contribution is 2.31. The van der Waals surface area contributed by atoms with Crippen LogP contribution in [-0.2, 0) is 0 Å². The van der Waals surface area contributed by atoms with E-state index in [0.29, 0.717) is 16.3 Å². The normalized spacial score (nSPS) is 10.9. The standard InChI is InChI=1S/C19H18ClNO3/c1-10-7-11(2)17(15(20)8-10)21-19(22)18-12(3)14-9-13(23-4)5-6-16(14)24-18/h5-9H,1-4H3,(H,21,22). The molecule has 3 rings (SSSR count). The minimum atomic E-state index is -0.323. The van der Waals surface area contributed by atoms with Gasteiger partial charge in [0.2, 0.25) is 0 Å². The van der Waals surface area contributed by atoms with Crippen LogP contribution in [0.15, 0.2) is 34.7 Å². The number of nitrogens with one attached hydrogen (secondary N) is 1. The smallest absolute Gasteiger partial charge is 0.291 e. The van der Waals surface area contributed by atoms with Crippen molar-refractivity contribution in [1.29, 1.82) is 0 Å². The number of amides is 1. The highest BCUT2D eigenvalue weighted by atomic mass is 35.5. The second-order valence-electron chi connectivity index (χ2n) is 5.81. The van der Waals surface area contributed by atoms with Gasteiger partial charge in [0.25, 0.3) is 5.91 Å². The number of anilines is 1. The van der Waals surface area contributed by atoms with Crippen molar-refractivity contribution in [3.05, 3.63) is 57.8 Å². The van der Waals surface area contributed by atoms with Gasteiger partial charge in [-0.25, -0.2) is 0 Å². The van der Waals surface area contributed by atoms with E-state index in [2.05, 4.69) is 5.32 Å². The lowest BCUT2D eigenvalue weighted by atomic mass is 10.1. The van der Waals surface area contributed by atoms with Crippen molar-refractivity contribution >= 4 is 34.2 Å². The Morgan fingerprint density at radius 1 is 1.17 bits per heavy atom. The highest BCUT2D eigenvalue weighted by Gasteiger charge is 2.20. The van der Waals surface area contributed by atoms with Gasteiger partial charge in [-0.15, -0.1) is 0 Å². The second-order valence-corrected chi connectivity index (χ2v) is 6.22. The van der Waals surface area contributed by atoms with E-state index in [4.69, 9.17) is 20.8 Å². The molecule has 0 aliphatic heterocycles. The predicted molar refractivity (Wildman–Crippen MR) is 96.4 cm³/mol. The van der Waals surface area contributed by atoms with Gasteiger partial charge in [-0.05, 0) is 56.2 Å². The third-order valence-electron chi connectivity index (χ3n) is 4.02. The Bertz CT molecular complexity index is 920. The van der Waals surface area contributed by atoms with Crippen LogP contribution < -0.4 is 10.1 Å². The average molecular weight is 344 g/mol. The van der Waals surface area contributed by atoms with Gasteiger partial charge in [-0.1, -0.05) is 17.7 Å². The Morgan fingerprint density at radius 3 is 2.58 bits per heavy atom. The number of hydrogen-bond acceptors (Lipinski definition) is 3. The van der Waals surface area contributed by atoms with Crippen molar-refractivity contribution in [3.63, 3.8) is 0 Å². The van der Waals surface area contributed by atoms with Gasteiger partial charge in [0.1, 0.15) is 11.3 Å². The molecule has 2 aromatic carbocycles. The van der Waals surface area contributed by atoms with Gasteiger partial charge in [0.15, 0.2) is 5.76 Å². The van der Waals surface area contributed by atoms with Gasteiger partial charge in [0, 0.05) is 10.9 Å². The third kappa shape index (κ3) is 2.85. The lowest BCUT2D eigenvalue weighted by Crippen LogP contribution is -2.13. The maximum Gasteiger partial charge on any atom is 0.291 e. The Morgan fingerprint density at radius 2 is 1.92 bits per heavy atom. The molecule has 5 heteroatoms. The summed E-state index contributed by atoms with van der Waals surface area (Å²) in [6.45, 7) is 5.72. The van der Waals surface area contributed by atoms with Gasteiger partial charge in [-0.2, -0.15) is 0 Å². The summed E-state index contributed by atoms with van der Waals surface area (Å²) in [6.07, 6.45) is 0. The Balaban J connectivity index is 1.99. The van der Waals surface area contributed by atoms with Gasteiger partial charge in [0.05, 0.1) is 17.8 Å². The fourth-order valence-corrected chi connectivity index (χ4v) is 3.16. The number of hydrogen-bond donors (Lipinski definition) is 1. The molecule has 0 spiro atoms. The highest BCUT2D eigenvalue weighted by molar-refractivity contribution is 6.34. The monoisotopic (exact) mass is 343 g/mol. The lowest BCUT2D eigenvalue weighted by molar-refractivity contribution is 0.0998. The molecule has 1 amide bonds. The molecule has 0 saturated heterocycles. The van der Waals surface area contributed by atoms with Crippen LogP contribution >= 0.6 is 11.6 Å². The molecule has 0 saturated carbocycles. The van der Waals surface area contributed by atoms with Crippen molar-refractivity contribution in [2.24, 2.45) is 0 Å². The molecule has 124 valence electrons. The topological polar surface area (TPSA) is 51.5 Å². The number of ether oxygens (including phenoxy) is 1. The summed E-state index contributed by atoms with van der Waals surface area (Å²) in [5, 5.41) is 4.22. The first-order chi connectivity index (χ1) is 11.4. The van der Waals surface area contributed by atoms with Crippen molar-refractivity contribution in [3.8, 4) is 5.75 Å². The number of furan rings is 1. The molecule has 1 heterocycles. The number of halogens is 1. The van der Waals surface area contributed by atoms with Gasteiger partial charge < -0.3 is 14.5 Å². The molecule has 0 radical (unpaired) electrons. The molecule has 0 unspecified atom stereocenters. The minimum absolute atomic E-state index is 0.272. The molecule has 0 bridgehead atoms. The molecule has 0 atom stereocenters. The zero-order valence-electron chi connectivity index (χ0n) is 14.0. The van der Waals surface area contributed by atoms with E-state index in [1.807, 2.05) is 39.0 Å². The van der Waals surface area contributed by atoms with Crippen LogP contribution in [0.5, 0.6) is 5.75 Å². The van der Waals surface area contributed by atoms with Crippen molar-refractivity contribution < 1.29 is 13.9 Å². The van der Waals surface area contributed by atoms with Crippen LogP contribution in [-0.4, -0.2) is 13.0 Å². The van der Waals surface area contributed by atoms with Crippen molar-refractivity contribution in [2.45, 2.75) is 20.8 Å². The molecule has 0 aliphatic carbocycles. The van der Waals surface area contributed by atoms with E-state index in [1.54, 1.807) is 19.2 Å². The summed E-state index contributed by atoms with van der Waals surface area (Å²) >= 11 is 6.26. The number of methoxy groups -OCH3 is 1. The molecule has 1 aromatic heterocycles. The minimum Gasteiger partial charge on any atom is -0.497 e. The van der Waals surface area contributed by atoms with Crippen LogP contribution in [0.1, 0.15) is 27.2 Å². The summed E-state index contributed by atoms with van der Waals surface area (Å²) in [6, 6.07) is 9.24. The summed E-state index contributed by atoms with van der Waals surface area (Å²) < 4.78 is 11.0. The Hall–Kier alpha value is -2.46. The molecule has 4 nitrogen and oxygen atoms in total. The van der Waals surface area contributed by atoms with E-state index in [0.717, 1.165) is 27.8 Å².